The molecule has 2 fully saturated rings. The summed E-state index contributed by atoms with van der Waals surface area (Å²) in [6.45, 7) is 9.76. The van der Waals surface area contributed by atoms with Crippen molar-refractivity contribution in [1.82, 2.24) is 14.7 Å². The number of likely N-dealkylation sites (tertiary alicyclic amines) is 1. The Balaban J connectivity index is 1.83. The van der Waals surface area contributed by atoms with Crippen molar-refractivity contribution in [3.63, 3.8) is 0 Å². The number of rotatable bonds is 9. The van der Waals surface area contributed by atoms with Crippen LogP contribution in [-0.4, -0.2) is 93.6 Å². The fraction of sp³-hybridized carbons (Fsp3) is 0.741. The van der Waals surface area contributed by atoms with Gasteiger partial charge in [-0.3, -0.25) is 14.4 Å². The van der Waals surface area contributed by atoms with E-state index in [9.17, 15) is 19.5 Å². The highest BCUT2D eigenvalue weighted by molar-refractivity contribution is 6.00. The molecule has 0 saturated carbocycles. The first-order valence-corrected chi connectivity index (χ1v) is 13.4. The van der Waals surface area contributed by atoms with Crippen LogP contribution in [0.25, 0.3) is 0 Å². The van der Waals surface area contributed by atoms with Crippen LogP contribution in [0, 0.1) is 11.8 Å². The van der Waals surface area contributed by atoms with Gasteiger partial charge in [-0.15, -0.1) is 0 Å². The summed E-state index contributed by atoms with van der Waals surface area (Å²) in [6.07, 6.45) is 12.1. The Morgan fingerprint density at radius 2 is 1.63 bits per heavy atom. The zero-order valence-corrected chi connectivity index (χ0v) is 21.6. The molecule has 0 aromatic rings. The largest absolute Gasteiger partial charge is 0.394 e. The Morgan fingerprint density at radius 1 is 0.943 bits per heavy atom. The molecule has 2 saturated heterocycles. The van der Waals surface area contributed by atoms with Crippen molar-refractivity contribution in [2.24, 2.45) is 11.8 Å². The van der Waals surface area contributed by atoms with Gasteiger partial charge in [0, 0.05) is 26.2 Å². The molecule has 8 nitrogen and oxygen atoms in total. The van der Waals surface area contributed by atoms with Crippen molar-refractivity contribution in [3.8, 4) is 0 Å². The van der Waals surface area contributed by atoms with Gasteiger partial charge in [0.25, 0.3) is 0 Å². The maximum absolute atomic E-state index is 14.1. The number of carbonyl (C=O) groups excluding carboxylic acids is 3. The number of unbranched alkanes of at least 4 members (excludes halogenated alkanes) is 2. The molecule has 1 N–H and O–H groups in total. The van der Waals surface area contributed by atoms with Gasteiger partial charge in [-0.05, 0) is 26.2 Å². The first kappa shape index (κ1) is 25.9. The maximum Gasteiger partial charge on any atom is 0.249 e. The number of ether oxygens (including phenoxy) is 1. The molecular formula is C27H41N3O5. The quantitative estimate of drug-likeness (QED) is 0.398. The zero-order chi connectivity index (χ0) is 25.4. The molecule has 0 aliphatic carbocycles. The van der Waals surface area contributed by atoms with E-state index in [2.05, 4.69) is 6.92 Å². The van der Waals surface area contributed by atoms with Crippen LogP contribution in [0.15, 0.2) is 24.3 Å². The summed E-state index contributed by atoms with van der Waals surface area (Å²) in [5, 5.41) is 10.0. The van der Waals surface area contributed by atoms with Gasteiger partial charge in [0.2, 0.25) is 17.7 Å². The first-order chi connectivity index (χ1) is 16.8. The third kappa shape index (κ3) is 3.93. The van der Waals surface area contributed by atoms with Crippen molar-refractivity contribution >= 4 is 17.7 Å². The summed E-state index contributed by atoms with van der Waals surface area (Å²) in [4.78, 5) is 47.3. The highest BCUT2D eigenvalue weighted by Gasteiger charge is 2.75. The van der Waals surface area contributed by atoms with Gasteiger partial charge in [-0.25, -0.2) is 0 Å². The molecule has 6 atom stereocenters. The second-order valence-corrected chi connectivity index (χ2v) is 10.5. The minimum absolute atomic E-state index is 0.0870. The molecule has 194 valence electrons. The summed E-state index contributed by atoms with van der Waals surface area (Å²) in [7, 11) is 0. The standard InChI is InChI=1S/C27H41N3O5/c1-5-8-9-15-29-17-11-13-27-21(24(33)30(19(4)18-31)22(27)25(29)34)20-23(32)28(14-6-2)16-10-12-26(20,7-3)35-27/h10-13,19-22,31H,5-9,14-18H2,1-4H3/t19-,20+,21+,22?,26-,27+/m1/s1. The number of aliphatic hydroxyl groups excluding tert-OH is 1. The van der Waals surface area contributed by atoms with Gasteiger partial charge < -0.3 is 24.5 Å². The summed E-state index contributed by atoms with van der Waals surface area (Å²) < 4.78 is 6.90. The summed E-state index contributed by atoms with van der Waals surface area (Å²) >= 11 is 0. The fourth-order valence-corrected chi connectivity index (χ4v) is 6.58. The second kappa shape index (κ2) is 10.1. The molecule has 4 rings (SSSR count). The van der Waals surface area contributed by atoms with E-state index in [-0.39, 0.29) is 24.3 Å². The lowest BCUT2D eigenvalue weighted by Gasteiger charge is -2.40. The number of carbonyl (C=O) groups is 3. The third-order valence-corrected chi connectivity index (χ3v) is 8.31. The number of nitrogens with zero attached hydrogens (tertiary/aromatic N) is 3. The van der Waals surface area contributed by atoms with Crippen LogP contribution in [0.2, 0.25) is 0 Å². The van der Waals surface area contributed by atoms with Crippen LogP contribution in [0.3, 0.4) is 0 Å². The zero-order valence-electron chi connectivity index (χ0n) is 21.6. The monoisotopic (exact) mass is 487 g/mol. The maximum atomic E-state index is 14.1. The summed E-state index contributed by atoms with van der Waals surface area (Å²) in [5.41, 5.74) is -2.19. The fourth-order valence-electron chi connectivity index (χ4n) is 6.58. The third-order valence-electron chi connectivity index (χ3n) is 8.31. The van der Waals surface area contributed by atoms with Crippen LogP contribution in [0.4, 0.5) is 0 Å². The van der Waals surface area contributed by atoms with Crippen LogP contribution in [0.5, 0.6) is 0 Å². The van der Waals surface area contributed by atoms with E-state index < -0.39 is 35.1 Å². The normalized spacial score (nSPS) is 35.2. The SMILES string of the molecule is CCCCCN1CC=C[C@]23O[C@]4(CC)C=CCN(CCC)C(=O)[C@@H]4[C@H]2C(=O)N([C@H](C)CO)C3C1=O. The number of aliphatic hydroxyl groups is 1. The van der Waals surface area contributed by atoms with Crippen LogP contribution >= 0.6 is 0 Å². The topological polar surface area (TPSA) is 90.4 Å². The Kier molecular flexibility index (Phi) is 7.44. The molecule has 0 bridgehead atoms. The molecule has 8 heteroatoms. The van der Waals surface area contributed by atoms with Gasteiger partial charge >= 0.3 is 0 Å². The number of amides is 3. The van der Waals surface area contributed by atoms with Crippen molar-refractivity contribution in [2.75, 3.05) is 32.8 Å². The summed E-state index contributed by atoms with van der Waals surface area (Å²) in [6, 6.07) is -1.47. The van der Waals surface area contributed by atoms with E-state index in [0.29, 0.717) is 32.6 Å². The van der Waals surface area contributed by atoms with Crippen molar-refractivity contribution in [2.45, 2.75) is 83.1 Å². The Labute approximate surface area is 208 Å². The van der Waals surface area contributed by atoms with E-state index in [1.807, 2.05) is 38.2 Å². The van der Waals surface area contributed by atoms with E-state index in [4.69, 9.17) is 4.74 Å². The van der Waals surface area contributed by atoms with Gasteiger partial charge in [-0.2, -0.15) is 0 Å². The van der Waals surface area contributed by atoms with E-state index in [0.717, 1.165) is 25.7 Å². The molecule has 0 aromatic carbocycles. The van der Waals surface area contributed by atoms with Gasteiger partial charge in [-0.1, -0.05) is 57.9 Å². The van der Waals surface area contributed by atoms with E-state index in [1.54, 1.807) is 16.7 Å². The van der Waals surface area contributed by atoms with Crippen LogP contribution < -0.4 is 0 Å². The lowest BCUT2D eigenvalue weighted by molar-refractivity contribution is -0.156. The Bertz CT molecular complexity index is 903. The molecule has 4 heterocycles. The predicted molar refractivity (Wildman–Crippen MR) is 132 cm³/mol. The molecule has 0 aromatic heterocycles. The summed E-state index contributed by atoms with van der Waals surface area (Å²) in [5.74, 6) is -2.05. The van der Waals surface area contributed by atoms with Gasteiger partial charge in [0.15, 0.2) is 0 Å². The average molecular weight is 488 g/mol. The van der Waals surface area contributed by atoms with Crippen molar-refractivity contribution < 1.29 is 24.2 Å². The number of hydrogen-bond donors (Lipinski definition) is 1. The molecule has 3 amide bonds. The highest BCUT2D eigenvalue weighted by Crippen LogP contribution is 2.58. The average Bonchev–Trinajstić information content (AvgIpc) is 3.16. The molecular weight excluding hydrogens is 446 g/mol. The van der Waals surface area contributed by atoms with Gasteiger partial charge in [0.1, 0.15) is 11.6 Å². The molecule has 4 aliphatic heterocycles. The van der Waals surface area contributed by atoms with Crippen LogP contribution in [0.1, 0.15) is 59.8 Å². The smallest absolute Gasteiger partial charge is 0.249 e. The highest BCUT2D eigenvalue weighted by atomic mass is 16.5. The van der Waals surface area contributed by atoms with E-state index >= 15 is 0 Å². The number of hydrogen-bond acceptors (Lipinski definition) is 5. The lowest BCUT2D eigenvalue weighted by atomic mass is 9.73. The first-order valence-electron chi connectivity index (χ1n) is 13.4. The molecule has 35 heavy (non-hydrogen) atoms. The van der Waals surface area contributed by atoms with Crippen LogP contribution in [-0.2, 0) is 19.1 Å². The molecule has 0 radical (unpaired) electrons. The molecule has 1 spiro atoms. The van der Waals surface area contributed by atoms with E-state index in [1.165, 1.54) is 4.90 Å². The number of fused-ring (bicyclic) bond motifs is 2. The Hall–Kier alpha value is -2.19. The lowest BCUT2D eigenvalue weighted by Crippen LogP contribution is -2.58. The minimum atomic E-state index is -1.24. The molecule has 4 aliphatic rings. The van der Waals surface area contributed by atoms with Crippen molar-refractivity contribution in [1.29, 1.82) is 0 Å². The minimum Gasteiger partial charge on any atom is -0.394 e. The second-order valence-electron chi connectivity index (χ2n) is 10.5. The molecule has 1 unspecified atom stereocenters. The van der Waals surface area contributed by atoms with Gasteiger partial charge in [0.05, 0.1) is 30.1 Å². The van der Waals surface area contributed by atoms with Crippen molar-refractivity contribution in [3.05, 3.63) is 24.3 Å². The predicted octanol–water partition coefficient (Wildman–Crippen LogP) is 2.13. The Morgan fingerprint density at radius 3 is 2.26 bits per heavy atom.